The average molecular weight is 141 g/mol. The second-order valence-corrected chi connectivity index (χ2v) is 1.70. The fraction of sp³-hybridized carbons (Fsp3) is 0.143. The van der Waals surface area contributed by atoms with Crippen LogP contribution in [0.1, 0.15) is 4.11 Å². The molecule has 0 aliphatic rings. The van der Waals surface area contributed by atoms with Crippen molar-refractivity contribution in [2.24, 2.45) is 0 Å². The summed E-state index contributed by atoms with van der Waals surface area (Å²) in [6, 6.07) is 9.04. The van der Waals surface area contributed by atoms with Crippen LogP contribution in [0.5, 0.6) is 0 Å². The molecule has 0 fully saturated rings. The van der Waals surface area contributed by atoms with E-state index in [2.05, 4.69) is 15.9 Å². The molecule has 1 aromatic rings. The summed E-state index contributed by atoms with van der Waals surface area (Å²) in [7, 11) is -2.44. The average Bonchev–Trinajstić information content (AvgIpc) is 2.04. The van der Waals surface area contributed by atoms with Crippen LogP contribution in [0.2, 0.25) is 0 Å². The van der Waals surface area contributed by atoms with E-state index in [1.54, 1.807) is 12.1 Å². The van der Waals surface area contributed by atoms with Gasteiger partial charge >= 0.3 is 0 Å². The Labute approximate surface area is 64.1 Å². The van der Waals surface area contributed by atoms with Gasteiger partial charge in [0.2, 0.25) is 0 Å². The largest absolute Gasteiger partial charge is 0.299 e. The number of anilines is 1. The molecular weight excluding hydrogens is 128 g/mol. The van der Waals surface area contributed by atoms with E-state index < -0.39 is 7.04 Å². The van der Waals surface area contributed by atoms with E-state index in [4.69, 9.17) is 4.11 Å². The lowest BCUT2D eigenvalue weighted by atomic mass is 10.3. The molecule has 0 amide bonds. The Morgan fingerprint density at radius 2 is 2.20 bits per heavy atom. The molecular formula is C7H10N2O. The van der Waals surface area contributed by atoms with Gasteiger partial charge in [0, 0.05) is 0 Å². The van der Waals surface area contributed by atoms with Crippen LogP contribution in [0.25, 0.3) is 0 Å². The number of nitrogens with one attached hydrogen (secondary N) is 2. The van der Waals surface area contributed by atoms with Crippen molar-refractivity contribution < 1.29 is 8.95 Å². The van der Waals surface area contributed by atoms with Crippen molar-refractivity contribution in [2.45, 2.75) is 0 Å². The predicted molar refractivity (Wildman–Crippen MR) is 40.2 cm³/mol. The van der Waals surface area contributed by atoms with Gasteiger partial charge in [-0.25, -0.2) is 0 Å². The molecule has 0 aliphatic carbocycles. The van der Waals surface area contributed by atoms with Crippen LogP contribution in [0.15, 0.2) is 30.3 Å². The van der Waals surface area contributed by atoms with Crippen molar-refractivity contribution in [3.8, 4) is 0 Å². The quantitative estimate of drug-likeness (QED) is 0.620. The Morgan fingerprint density at radius 1 is 1.40 bits per heavy atom. The third-order valence-corrected chi connectivity index (χ3v) is 1.02. The highest BCUT2D eigenvalue weighted by Gasteiger charge is 1.83. The van der Waals surface area contributed by atoms with E-state index in [1.165, 1.54) is 0 Å². The zero-order valence-corrected chi connectivity index (χ0v) is 5.29. The van der Waals surface area contributed by atoms with Crippen LogP contribution in [0.3, 0.4) is 0 Å². The summed E-state index contributed by atoms with van der Waals surface area (Å²) in [6.07, 6.45) is 0. The third kappa shape index (κ3) is 2.05. The third-order valence-electron chi connectivity index (χ3n) is 1.02. The highest BCUT2D eigenvalue weighted by molar-refractivity contribution is 5.40. The molecule has 0 unspecified atom stereocenters. The summed E-state index contributed by atoms with van der Waals surface area (Å²) >= 11 is 0. The van der Waals surface area contributed by atoms with Crippen LogP contribution >= 0.6 is 0 Å². The summed E-state index contributed by atoms with van der Waals surface area (Å²) < 4.78 is 20.1. The molecule has 2 N–H and O–H groups in total. The first-order valence-electron chi connectivity index (χ1n) is 4.32. The lowest BCUT2D eigenvalue weighted by Gasteiger charge is -2.03. The smallest absolute Gasteiger partial charge is 0.0593 e. The van der Waals surface area contributed by atoms with Gasteiger partial charge in [0.25, 0.3) is 0 Å². The van der Waals surface area contributed by atoms with Crippen molar-refractivity contribution in [3.63, 3.8) is 0 Å². The standard InChI is InChI=1S/C7H10N2O/c1-10-9-8-7-5-3-2-4-6-7/h2-6,8-9H,1H3/i1D3. The number of hydrogen-bond donors (Lipinski definition) is 2. The molecule has 0 saturated carbocycles. The Hall–Kier alpha value is -1.06. The second-order valence-electron chi connectivity index (χ2n) is 1.70. The van der Waals surface area contributed by atoms with Crippen LogP contribution in [0.4, 0.5) is 5.69 Å². The zero-order valence-electron chi connectivity index (χ0n) is 8.29. The maximum Gasteiger partial charge on any atom is 0.0593 e. The molecule has 0 aliphatic heterocycles. The van der Waals surface area contributed by atoms with Gasteiger partial charge in [-0.2, -0.15) is 0 Å². The van der Waals surface area contributed by atoms with E-state index in [-0.39, 0.29) is 0 Å². The molecule has 0 bridgehead atoms. The lowest BCUT2D eigenvalue weighted by Crippen LogP contribution is -2.19. The monoisotopic (exact) mass is 141 g/mol. The van der Waals surface area contributed by atoms with Gasteiger partial charge in [-0.05, 0) is 12.1 Å². The molecule has 3 nitrogen and oxygen atoms in total. The minimum absolute atomic E-state index is 0.728. The van der Waals surface area contributed by atoms with Gasteiger partial charge in [-0.1, -0.05) is 18.2 Å². The fourth-order valence-electron chi connectivity index (χ4n) is 0.606. The molecule has 0 aromatic heterocycles. The van der Waals surface area contributed by atoms with E-state index >= 15 is 0 Å². The summed E-state index contributed by atoms with van der Waals surface area (Å²) in [5.41, 5.74) is 5.43. The minimum Gasteiger partial charge on any atom is -0.299 e. The first-order valence-corrected chi connectivity index (χ1v) is 2.82. The molecule has 54 valence electrons. The highest BCUT2D eigenvalue weighted by Crippen LogP contribution is 2.01. The maximum atomic E-state index is 6.71. The molecule has 0 heterocycles. The molecule has 0 radical (unpaired) electrons. The first kappa shape index (κ1) is 3.95. The zero-order chi connectivity index (χ0) is 9.73. The predicted octanol–water partition coefficient (Wildman–Crippen LogP) is 1.16. The van der Waals surface area contributed by atoms with Crippen molar-refractivity contribution in [1.82, 2.24) is 5.59 Å². The molecule has 0 atom stereocenters. The summed E-state index contributed by atoms with van der Waals surface area (Å²) in [5.74, 6) is 0. The molecule has 0 saturated heterocycles. The molecule has 1 rings (SSSR count). The normalized spacial score (nSPS) is 15.0. The number of benzene rings is 1. The SMILES string of the molecule is [2H]C([2H])([2H])ONNc1ccccc1. The Balaban J connectivity index is 2.29. The van der Waals surface area contributed by atoms with Crippen LogP contribution in [0, 0.1) is 0 Å². The van der Waals surface area contributed by atoms with Crippen LogP contribution in [-0.2, 0) is 4.84 Å². The van der Waals surface area contributed by atoms with E-state index in [0.29, 0.717) is 0 Å². The van der Waals surface area contributed by atoms with Crippen molar-refractivity contribution in [3.05, 3.63) is 30.3 Å². The van der Waals surface area contributed by atoms with E-state index in [0.717, 1.165) is 5.69 Å². The topological polar surface area (TPSA) is 33.3 Å². The number of rotatable bonds is 3. The Kier molecular flexibility index (Phi) is 1.53. The summed E-state index contributed by atoms with van der Waals surface area (Å²) in [4.78, 5) is 4.27. The first-order chi connectivity index (χ1) is 6.08. The molecule has 10 heavy (non-hydrogen) atoms. The van der Waals surface area contributed by atoms with Gasteiger partial charge in [0.05, 0.1) is 16.8 Å². The van der Waals surface area contributed by atoms with Gasteiger partial charge in [-0.15, -0.1) is 5.59 Å². The molecule has 0 spiro atoms. The minimum atomic E-state index is -2.44. The van der Waals surface area contributed by atoms with Crippen molar-refractivity contribution in [1.29, 1.82) is 0 Å². The lowest BCUT2D eigenvalue weighted by molar-refractivity contribution is 0.111. The maximum absolute atomic E-state index is 6.71. The Morgan fingerprint density at radius 3 is 2.90 bits per heavy atom. The summed E-state index contributed by atoms with van der Waals surface area (Å²) in [6.45, 7) is 0. The Bertz CT molecular complexity index is 250. The van der Waals surface area contributed by atoms with E-state index in [1.807, 2.05) is 18.2 Å². The molecule has 1 aromatic carbocycles. The fourth-order valence-corrected chi connectivity index (χ4v) is 0.606. The van der Waals surface area contributed by atoms with Crippen molar-refractivity contribution in [2.75, 3.05) is 12.5 Å². The number of hydrazine groups is 1. The van der Waals surface area contributed by atoms with E-state index in [9.17, 15) is 0 Å². The van der Waals surface area contributed by atoms with Gasteiger partial charge < -0.3 is 0 Å². The molecule has 3 heteroatoms. The second kappa shape index (κ2) is 3.87. The van der Waals surface area contributed by atoms with Gasteiger partial charge in [0.1, 0.15) is 0 Å². The van der Waals surface area contributed by atoms with Gasteiger partial charge in [0.15, 0.2) is 0 Å². The number of para-hydroxylation sites is 1. The van der Waals surface area contributed by atoms with Crippen LogP contribution in [-0.4, -0.2) is 7.04 Å². The highest BCUT2D eigenvalue weighted by atomic mass is 16.7. The number of hydrogen-bond acceptors (Lipinski definition) is 3. The van der Waals surface area contributed by atoms with Crippen LogP contribution < -0.4 is 11.0 Å². The van der Waals surface area contributed by atoms with Gasteiger partial charge in [-0.3, -0.25) is 10.3 Å². The summed E-state index contributed by atoms with van der Waals surface area (Å²) in [5, 5.41) is 0. The van der Waals surface area contributed by atoms with Crippen molar-refractivity contribution >= 4 is 5.69 Å².